The maximum Gasteiger partial charge on any atom is 0.331 e. The van der Waals surface area contributed by atoms with Gasteiger partial charge in [-0.05, 0) is 26.0 Å². The molecule has 0 radical (unpaired) electrons. The molecule has 1 aliphatic heterocycles. The quantitative estimate of drug-likeness (QED) is 0.765. The molecular weight excluding hydrogens is 284 g/mol. The van der Waals surface area contributed by atoms with Gasteiger partial charge in [-0.25, -0.2) is 8.61 Å². The minimum absolute atomic E-state index is 0.161. The number of carbonyl (C=O) groups excluding carboxylic acids is 2. The highest BCUT2D eigenvalue weighted by Crippen LogP contribution is 2.32. The fourth-order valence-corrected chi connectivity index (χ4v) is 3.72. The average Bonchev–Trinajstić information content (AvgIpc) is 2.37. The molecule has 1 aromatic rings. The van der Waals surface area contributed by atoms with Gasteiger partial charge in [0.2, 0.25) is 0 Å². The van der Waals surface area contributed by atoms with Gasteiger partial charge in [-0.2, -0.15) is 8.42 Å². The van der Waals surface area contributed by atoms with E-state index in [-0.39, 0.29) is 17.7 Å². The van der Waals surface area contributed by atoms with E-state index < -0.39 is 28.9 Å². The number of nitrogens with zero attached hydrogens (tertiary/aromatic N) is 2. The van der Waals surface area contributed by atoms with Crippen molar-refractivity contribution in [1.82, 2.24) is 4.31 Å². The highest BCUT2D eigenvalue weighted by atomic mass is 32.2. The zero-order valence-corrected chi connectivity index (χ0v) is 11.8. The first-order chi connectivity index (χ1) is 9.41. The Kier molecular flexibility index (Phi) is 3.67. The first kappa shape index (κ1) is 14.3. The minimum atomic E-state index is -4.07. The third-order valence-electron chi connectivity index (χ3n) is 2.86. The number of benzene rings is 1. The number of rotatable bonds is 4. The Bertz CT molecular complexity index is 641. The lowest BCUT2D eigenvalue weighted by molar-refractivity contribution is -0.128. The van der Waals surface area contributed by atoms with E-state index in [1.54, 1.807) is 26.0 Å². The summed E-state index contributed by atoms with van der Waals surface area (Å²) in [5.74, 6) is -0.585. The van der Waals surface area contributed by atoms with Gasteiger partial charge < -0.3 is 4.74 Å². The van der Waals surface area contributed by atoms with Crippen LogP contribution in [0, 0.1) is 0 Å². The van der Waals surface area contributed by atoms with Crippen LogP contribution in [0.3, 0.4) is 0 Å². The number of hydrogen-bond donors (Lipinski definition) is 0. The molecule has 1 amide bonds. The van der Waals surface area contributed by atoms with Crippen LogP contribution in [0.15, 0.2) is 24.3 Å². The Hall–Kier alpha value is -2.09. The molecule has 108 valence electrons. The van der Waals surface area contributed by atoms with Crippen LogP contribution in [0.1, 0.15) is 24.2 Å². The molecule has 0 aliphatic carbocycles. The van der Waals surface area contributed by atoms with E-state index in [9.17, 15) is 18.0 Å². The summed E-state index contributed by atoms with van der Waals surface area (Å²) in [6, 6.07) is 5.75. The van der Waals surface area contributed by atoms with Gasteiger partial charge in [0.05, 0.1) is 11.3 Å². The molecule has 0 saturated heterocycles. The summed E-state index contributed by atoms with van der Waals surface area (Å²) in [5.41, 5.74) is 0.460. The zero-order chi connectivity index (χ0) is 14.9. The third kappa shape index (κ3) is 2.11. The van der Waals surface area contributed by atoms with E-state index in [1.807, 2.05) is 0 Å². The van der Waals surface area contributed by atoms with Crippen molar-refractivity contribution >= 4 is 28.3 Å². The Balaban J connectivity index is 2.62. The zero-order valence-electron chi connectivity index (χ0n) is 11.0. The Labute approximate surface area is 116 Å². The maximum atomic E-state index is 12.5. The monoisotopic (exact) mass is 298 g/mol. The normalized spacial score (nSPS) is 17.1. The fraction of sp³-hybridized carbons (Fsp3) is 0.333. The van der Waals surface area contributed by atoms with Crippen LogP contribution in [0.2, 0.25) is 0 Å². The van der Waals surface area contributed by atoms with Crippen molar-refractivity contribution in [2.75, 3.05) is 11.0 Å². The molecule has 0 unspecified atom stereocenters. The summed E-state index contributed by atoms with van der Waals surface area (Å²) in [6.45, 7) is 2.89. The van der Waals surface area contributed by atoms with Crippen molar-refractivity contribution in [3.05, 3.63) is 29.8 Å². The number of carbonyl (C=O) groups is 2. The molecule has 2 rings (SSSR count). The van der Waals surface area contributed by atoms with E-state index in [2.05, 4.69) is 4.74 Å². The van der Waals surface area contributed by atoms with Gasteiger partial charge in [-0.1, -0.05) is 12.1 Å². The van der Waals surface area contributed by atoms with Crippen molar-refractivity contribution < 1.29 is 22.7 Å². The highest BCUT2D eigenvalue weighted by molar-refractivity contribution is 7.91. The van der Waals surface area contributed by atoms with E-state index in [0.717, 1.165) is 8.61 Å². The van der Waals surface area contributed by atoms with E-state index in [4.69, 9.17) is 0 Å². The second kappa shape index (κ2) is 5.12. The number of para-hydroxylation sites is 1. The lowest BCUT2D eigenvalue weighted by Gasteiger charge is -2.37. The van der Waals surface area contributed by atoms with Crippen LogP contribution >= 0.6 is 0 Å². The number of anilines is 1. The van der Waals surface area contributed by atoms with E-state index >= 15 is 0 Å². The van der Waals surface area contributed by atoms with Crippen molar-refractivity contribution in [1.29, 1.82) is 0 Å². The molecule has 0 atom stereocenters. The number of ether oxygens (including phenoxy) is 1. The van der Waals surface area contributed by atoms with Gasteiger partial charge in [-0.3, -0.25) is 9.59 Å². The predicted molar refractivity (Wildman–Crippen MR) is 71.2 cm³/mol. The molecule has 0 spiro atoms. The smallest absolute Gasteiger partial charge is 0.331 e. The summed E-state index contributed by atoms with van der Waals surface area (Å²) in [7, 11) is -4.07. The molecule has 0 fully saturated rings. The van der Waals surface area contributed by atoms with Gasteiger partial charge in [0, 0.05) is 6.04 Å². The molecule has 1 heterocycles. The van der Waals surface area contributed by atoms with Crippen molar-refractivity contribution in [3.8, 4) is 0 Å². The van der Waals surface area contributed by atoms with Crippen LogP contribution in [0.4, 0.5) is 5.69 Å². The maximum absolute atomic E-state index is 12.5. The topological polar surface area (TPSA) is 84.0 Å². The van der Waals surface area contributed by atoms with Crippen LogP contribution in [-0.4, -0.2) is 37.9 Å². The number of fused-ring (bicyclic) bond motifs is 1. The number of hydrogen-bond acceptors (Lipinski definition) is 5. The van der Waals surface area contributed by atoms with Crippen LogP contribution < -0.4 is 4.31 Å². The summed E-state index contributed by atoms with van der Waals surface area (Å²) >= 11 is 0. The summed E-state index contributed by atoms with van der Waals surface area (Å²) in [5, 5.41) is 0. The van der Waals surface area contributed by atoms with Gasteiger partial charge in [0.25, 0.3) is 12.4 Å². The molecule has 0 bridgehead atoms. The van der Waals surface area contributed by atoms with Gasteiger partial charge in [-0.15, -0.1) is 0 Å². The standard InChI is InChI=1S/C12H14N2O5S/c1-9(2)14-12(16)10-5-3-4-6-11(10)13(7-19-8-15)20(14,17)18/h3-6,8-9H,7H2,1-2H3. The van der Waals surface area contributed by atoms with Crippen LogP contribution in [-0.2, 0) is 19.7 Å². The predicted octanol–water partition coefficient (Wildman–Crippen LogP) is 0.733. The highest BCUT2D eigenvalue weighted by Gasteiger charge is 2.43. The molecule has 1 aliphatic rings. The molecule has 7 nitrogen and oxygen atoms in total. The van der Waals surface area contributed by atoms with Gasteiger partial charge >= 0.3 is 10.2 Å². The molecule has 0 N–H and O–H groups in total. The van der Waals surface area contributed by atoms with Crippen LogP contribution in [0.5, 0.6) is 0 Å². The summed E-state index contributed by atoms with van der Waals surface area (Å²) in [4.78, 5) is 22.6. The summed E-state index contributed by atoms with van der Waals surface area (Å²) in [6.07, 6.45) is 0. The lowest BCUT2D eigenvalue weighted by atomic mass is 10.1. The van der Waals surface area contributed by atoms with Crippen molar-refractivity contribution in [2.45, 2.75) is 19.9 Å². The van der Waals surface area contributed by atoms with E-state index in [1.165, 1.54) is 12.1 Å². The van der Waals surface area contributed by atoms with E-state index in [0.29, 0.717) is 0 Å². The lowest BCUT2D eigenvalue weighted by Crippen LogP contribution is -2.54. The SMILES string of the molecule is CC(C)N1C(=O)c2ccccc2N(COC=O)S1(=O)=O. The number of amides is 1. The Morgan fingerprint density at radius 2 is 1.95 bits per heavy atom. The van der Waals surface area contributed by atoms with Gasteiger partial charge in [0.15, 0.2) is 6.73 Å². The molecule has 0 aromatic heterocycles. The largest absolute Gasteiger partial charge is 0.445 e. The Morgan fingerprint density at radius 1 is 1.30 bits per heavy atom. The fourth-order valence-electron chi connectivity index (χ4n) is 2.06. The molecule has 8 heteroatoms. The van der Waals surface area contributed by atoms with Crippen LogP contribution in [0.25, 0.3) is 0 Å². The second-order valence-corrected chi connectivity index (χ2v) is 6.19. The molecule has 0 saturated carbocycles. The van der Waals surface area contributed by atoms with Crippen molar-refractivity contribution in [2.24, 2.45) is 0 Å². The van der Waals surface area contributed by atoms with Gasteiger partial charge in [0.1, 0.15) is 0 Å². The third-order valence-corrected chi connectivity index (χ3v) is 4.80. The molecular formula is C12H14N2O5S. The molecule has 1 aromatic carbocycles. The summed E-state index contributed by atoms with van der Waals surface area (Å²) < 4.78 is 31.2. The Morgan fingerprint density at radius 3 is 2.55 bits per heavy atom. The molecule has 20 heavy (non-hydrogen) atoms. The first-order valence-corrected chi connectivity index (χ1v) is 7.31. The average molecular weight is 298 g/mol. The van der Waals surface area contributed by atoms with Crippen molar-refractivity contribution in [3.63, 3.8) is 0 Å². The first-order valence-electron chi connectivity index (χ1n) is 5.92. The minimum Gasteiger partial charge on any atom is -0.445 e. The second-order valence-electron chi connectivity index (χ2n) is 4.46.